The highest BCUT2D eigenvalue weighted by Crippen LogP contribution is 2.00. The molecular weight excluding hydrogens is 128 g/mol. The Kier molecular flexibility index (Phi) is 2.05. The predicted molar refractivity (Wildman–Crippen MR) is 37.6 cm³/mol. The fraction of sp³-hybridized carbons (Fsp3) is 0.125. The lowest BCUT2D eigenvalue weighted by Crippen LogP contribution is -1.95. The standard InChI is InChI=1S/C8H8O2/c1-2-7(9)6-8-4-3-5-10-8/h2-5H,1,6H2. The van der Waals surface area contributed by atoms with E-state index in [9.17, 15) is 4.79 Å². The van der Waals surface area contributed by atoms with E-state index in [0.29, 0.717) is 12.2 Å². The molecule has 0 aliphatic heterocycles. The van der Waals surface area contributed by atoms with E-state index in [1.165, 1.54) is 6.08 Å². The minimum atomic E-state index is -0.0186. The van der Waals surface area contributed by atoms with Gasteiger partial charge in [-0.2, -0.15) is 0 Å². The van der Waals surface area contributed by atoms with Gasteiger partial charge in [0.15, 0.2) is 5.78 Å². The first-order chi connectivity index (χ1) is 4.83. The molecule has 52 valence electrons. The fourth-order valence-electron chi connectivity index (χ4n) is 0.657. The molecule has 1 aromatic rings. The van der Waals surface area contributed by atoms with Gasteiger partial charge in [0.25, 0.3) is 0 Å². The average molecular weight is 136 g/mol. The van der Waals surface area contributed by atoms with Gasteiger partial charge in [-0.1, -0.05) is 6.58 Å². The van der Waals surface area contributed by atoms with Gasteiger partial charge >= 0.3 is 0 Å². The van der Waals surface area contributed by atoms with Gasteiger partial charge < -0.3 is 4.42 Å². The first kappa shape index (κ1) is 6.81. The van der Waals surface area contributed by atoms with Crippen molar-refractivity contribution in [2.75, 3.05) is 0 Å². The maximum Gasteiger partial charge on any atom is 0.162 e. The minimum Gasteiger partial charge on any atom is -0.469 e. The van der Waals surface area contributed by atoms with E-state index in [-0.39, 0.29) is 5.78 Å². The van der Waals surface area contributed by atoms with Gasteiger partial charge in [0.2, 0.25) is 0 Å². The van der Waals surface area contributed by atoms with Gasteiger partial charge in [-0.3, -0.25) is 4.79 Å². The predicted octanol–water partition coefficient (Wildman–Crippen LogP) is 1.58. The van der Waals surface area contributed by atoms with Crippen LogP contribution in [-0.4, -0.2) is 5.78 Å². The molecule has 0 unspecified atom stereocenters. The van der Waals surface area contributed by atoms with Crippen LogP contribution in [0, 0.1) is 0 Å². The second-order valence-electron chi connectivity index (χ2n) is 1.93. The van der Waals surface area contributed by atoms with Gasteiger partial charge in [-0.25, -0.2) is 0 Å². The summed E-state index contributed by atoms with van der Waals surface area (Å²) in [7, 11) is 0. The number of hydrogen-bond acceptors (Lipinski definition) is 2. The third-order valence-electron chi connectivity index (χ3n) is 1.16. The van der Waals surface area contributed by atoms with Crippen molar-refractivity contribution in [1.82, 2.24) is 0 Å². The Morgan fingerprint density at radius 1 is 1.80 bits per heavy atom. The van der Waals surface area contributed by atoms with Crippen LogP contribution in [0.15, 0.2) is 35.5 Å². The lowest BCUT2D eigenvalue weighted by Gasteiger charge is -1.87. The number of allylic oxidation sites excluding steroid dienone is 1. The number of ketones is 1. The Morgan fingerprint density at radius 2 is 2.60 bits per heavy atom. The summed E-state index contributed by atoms with van der Waals surface area (Å²) >= 11 is 0. The van der Waals surface area contributed by atoms with Crippen LogP contribution in [0.5, 0.6) is 0 Å². The molecule has 0 fully saturated rings. The Hall–Kier alpha value is -1.31. The van der Waals surface area contributed by atoms with Gasteiger partial charge in [-0.15, -0.1) is 0 Å². The Balaban J connectivity index is 2.56. The molecule has 1 rings (SSSR count). The maximum atomic E-state index is 10.7. The summed E-state index contributed by atoms with van der Waals surface area (Å²) in [5, 5.41) is 0. The zero-order chi connectivity index (χ0) is 7.40. The maximum absolute atomic E-state index is 10.7. The summed E-state index contributed by atoms with van der Waals surface area (Å²) in [6.45, 7) is 3.35. The third kappa shape index (κ3) is 1.58. The Labute approximate surface area is 59.2 Å². The summed E-state index contributed by atoms with van der Waals surface area (Å²) < 4.78 is 4.94. The van der Waals surface area contributed by atoms with Crippen molar-refractivity contribution < 1.29 is 9.21 Å². The molecular formula is C8H8O2. The van der Waals surface area contributed by atoms with E-state index in [4.69, 9.17) is 4.42 Å². The lowest BCUT2D eigenvalue weighted by atomic mass is 10.2. The Morgan fingerprint density at radius 3 is 3.10 bits per heavy atom. The van der Waals surface area contributed by atoms with E-state index in [1.54, 1.807) is 18.4 Å². The third-order valence-corrected chi connectivity index (χ3v) is 1.16. The van der Waals surface area contributed by atoms with E-state index < -0.39 is 0 Å². The zero-order valence-corrected chi connectivity index (χ0v) is 5.54. The molecule has 1 aromatic heterocycles. The molecule has 0 aliphatic carbocycles. The quantitative estimate of drug-likeness (QED) is 0.590. The van der Waals surface area contributed by atoms with Crippen molar-refractivity contribution in [2.24, 2.45) is 0 Å². The second kappa shape index (κ2) is 3.01. The summed E-state index contributed by atoms with van der Waals surface area (Å²) in [6, 6.07) is 3.52. The molecule has 0 aromatic carbocycles. The number of hydrogen-bond donors (Lipinski definition) is 0. The largest absolute Gasteiger partial charge is 0.469 e. The molecule has 0 N–H and O–H groups in total. The number of carbonyl (C=O) groups is 1. The van der Waals surface area contributed by atoms with Crippen LogP contribution in [0.1, 0.15) is 5.76 Å². The number of carbonyl (C=O) groups excluding carboxylic acids is 1. The van der Waals surface area contributed by atoms with E-state index in [1.807, 2.05) is 0 Å². The monoisotopic (exact) mass is 136 g/mol. The molecule has 10 heavy (non-hydrogen) atoms. The van der Waals surface area contributed by atoms with Crippen molar-refractivity contribution in [1.29, 1.82) is 0 Å². The number of furan rings is 1. The molecule has 1 heterocycles. The molecule has 2 nitrogen and oxygen atoms in total. The highest BCUT2D eigenvalue weighted by Gasteiger charge is 1.99. The van der Waals surface area contributed by atoms with Crippen LogP contribution in [0.4, 0.5) is 0 Å². The number of rotatable bonds is 3. The summed E-state index contributed by atoms with van der Waals surface area (Å²) in [5.41, 5.74) is 0. The molecule has 2 heteroatoms. The first-order valence-electron chi connectivity index (χ1n) is 3.00. The van der Waals surface area contributed by atoms with E-state index in [0.717, 1.165) is 0 Å². The SMILES string of the molecule is C=CC(=O)Cc1ccco1. The van der Waals surface area contributed by atoms with E-state index >= 15 is 0 Å². The van der Waals surface area contributed by atoms with Crippen molar-refractivity contribution in [3.63, 3.8) is 0 Å². The molecule has 0 atom stereocenters. The van der Waals surface area contributed by atoms with Crippen LogP contribution < -0.4 is 0 Å². The highest BCUT2D eigenvalue weighted by atomic mass is 16.3. The topological polar surface area (TPSA) is 30.2 Å². The smallest absolute Gasteiger partial charge is 0.162 e. The summed E-state index contributed by atoms with van der Waals surface area (Å²) in [6.07, 6.45) is 3.16. The average Bonchev–Trinajstić information content (AvgIpc) is 2.40. The van der Waals surface area contributed by atoms with Crippen LogP contribution in [0.25, 0.3) is 0 Å². The van der Waals surface area contributed by atoms with Crippen molar-refractivity contribution in [3.8, 4) is 0 Å². The Bertz CT molecular complexity index is 221. The van der Waals surface area contributed by atoms with Gasteiger partial charge in [0, 0.05) is 0 Å². The summed E-state index contributed by atoms with van der Waals surface area (Å²) in [4.78, 5) is 10.7. The molecule has 0 amide bonds. The van der Waals surface area contributed by atoms with Crippen LogP contribution in [-0.2, 0) is 11.2 Å². The molecule has 0 bridgehead atoms. The molecule has 0 spiro atoms. The van der Waals surface area contributed by atoms with Crippen LogP contribution in [0.2, 0.25) is 0 Å². The zero-order valence-electron chi connectivity index (χ0n) is 5.54. The normalized spacial score (nSPS) is 9.20. The van der Waals surface area contributed by atoms with Crippen molar-refractivity contribution in [2.45, 2.75) is 6.42 Å². The summed E-state index contributed by atoms with van der Waals surface area (Å²) in [5.74, 6) is 0.667. The second-order valence-corrected chi connectivity index (χ2v) is 1.93. The van der Waals surface area contributed by atoms with E-state index in [2.05, 4.69) is 6.58 Å². The van der Waals surface area contributed by atoms with Gasteiger partial charge in [0.1, 0.15) is 5.76 Å². The fourth-order valence-corrected chi connectivity index (χ4v) is 0.657. The van der Waals surface area contributed by atoms with Gasteiger partial charge in [-0.05, 0) is 18.2 Å². The first-order valence-corrected chi connectivity index (χ1v) is 3.00. The molecule has 0 saturated heterocycles. The molecule has 0 saturated carbocycles. The lowest BCUT2D eigenvalue weighted by molar-refractivity contribution is -0.114. The van der Waals surface area contributed by atoms with Crippen molar-refractivity contribution in [3.05, 3.63) is 36.8 Å². The molecule has 0 radical (unpaired) electrons. The highest BCUT2D eigenvalue weighted by molar-refractivity contribution is 5.90. The van der Waals surface area contributed by atoms with Crippen LogP contribution in [0.3, 0.4) is 0 Å². The molecule has 0 aliphatic rings. The van der Waals surface area contributed by atoms with Gasteiger partial charge in [0.05, 0.1) is 12.7 Å². The van der Waals surface area contributed by atoms with Crippen LogP contribution >= 0.6 is 0 Å². The van der Waals surface area contributed by atoms with Crippen molar-refractivity contribution >= 4 is 5.78 Å². The minimum absolute atomic E-state index is 0.0186.